The van der Waals surface area contributed by atoms with Crippen LogP contribution < -0.4 is 0 Å². The number of benzene rings is 3. The van der Waals surface area contributed by atoms with Crippen LogP contribution in [0.1, 0.15) is 17.2 Å². The van der Waals surface area contributed by atoms with E-state index < -0.39 is 0 Å². The molecule has 0 saturated heterocycles. The van der Waals surface area contributed by atoms with Gasteiger partial charge in [-0.15, -0.1) is 0 Å². The number of nitrogens with zero attached hydrogens (tertiary/aromatic N) is 1. The third-order valence-electron chi connectivity index (χ3n) is 3.69. The molecule has 110 valence electrons. The van der Waals surface area contributed by atoms with Crippen LogP contribution in [0.15, 0.2) is 71.7 Å². The fourth-order valence-corrected chi connectivity index (χ4v) is 2.50. The van der Waals surface area contributed by atoms with Crippen molar-refractivity contribution >= 4 is 17.0 Å². The van der Waals surface area contributed by atoms with Gasteiger partial charge in [0.25, 0.3) is 0 Å². The fourth-order valence-electron chi connectivity index (χ4n) is 2.50. The molecule has 0 fully saturated rings. The predicted molar refractivity (Wildman–Crippen MR) is 89.5 cm³/mol. The van der Waals surface area contributed by atoms with Crippen LogP contribution in [0.2, 0.25) is 0 Å². The number of aliphatic hydroxyl groups excluding tert-OH is 1. The fraction of sp³-hybridized carbons (Fsp3) is 0.105. The van der Waals surface area contributed by atoms with Gasteiger partial charge in [0.1, 0.15) is 5.75 Å². The van der Waals surface area contributed by atoms with Crippen molar-refractivity contribution in [1.29, 1.82) is 0 Å². The maximum Gasteiger partial charge on any atom is 0.124 e. The van der Waals surface area contributed by atoms with E-state index in [4.69, 9.17) is 0 Å². The Morgan fingerprint density at radius 2 is 1.64 bits per heavy atom. The van der Waals surface area contributed by atoms with Gasteiger partial charge in [0.15, 0.2) is 0 Å². The largest absolute Gasteiger partial charge is 0.507 e. The van der Waals surface area contributed by atoms with E-state index in [0.717, 1.165) is 16.3 Å². The minimum Gasteiger partial charge on any atom is -0.507 e. The molecule has 0 bridgehead atoms. The van der Waals surface area contributed by atoms with Gasteiger partial charge in [-0.05, 0) is 22.4 Å². The third kappa shape index (κ3) is 2.85. The highest BCUT2D eigenvalue weighted by Gasteiger charge is 2.09. The number of hydrogen-bond donors (Lipinski definition) is 2. The van der Waals surface area contributed by atoms with Crippen molar-refractivity contribution in [2.45, 2.75) is 6.04 Å². The standard InChI is InChI=1S/C19H17NO2/c21-13-18(15-7-2-1-3-8-15)20-12-17-16-9-5-4-6-14(16)10-11-19(17)22/h1-12,18,21-22H,13H2/t18-/m0/s1. The Bertz CT molecular complexity index is 797. The number of rotatable bonds is 4. The number of phenolic OH excluding ortho intramolecular Hbond substituents is 1. The lowest BCUT2D eigenvalue weighted by molar-refractivity contribution is 0.269. The third-order valence-corrected chi connectivity index (χ3v) is 3.69. The van der Waals surface area contributed by atoms with Crippen molar-refractivity contribution in [3.63, 3.8) is 0 Å². The van der Waals surface area contributed by atoms with Crippen LogP contribution in [0.4, 0.5) is 0 Å². The number of aliphatic hydroxyl groups is 1. The van der Waals surface area contributed by atoms with Crippen molar-refractivity contribution in [1.82, 2.24) is 0 Å². The highest BCUT2D eigenvalue weighted by Crippen LogP contribution is 2.26. The first-order chi connectivity index (χ1) is 10.8. The average molecular weight is 291 g/mol. The quantitative estimate of drug-likeness (QED) is 0.720. The molecule has 0 amide bonds. The molecule has 0 aliphatic heterocycles. The number of aliphatic imine (C=N–C) groups is 1. The summed E-state index contributed by atoms with van der Waals surface area (Å²) in [6, 6.07) is 20.7. The average Bonchev–Trinajstić information content (AvgIpc) is 2.58. The van der Waals surface area contributed by atoms with Crippen molar-refractivity contribution < 1.29 is 10.2 Å². The van der Waals surface area contributed by atoms with E-state index in [9.17, 15) is 10.2 Å². The molecule has 0 unspecified atom stereocenters. The van der Waals surface area contributed by atoms with Crippen molar-refractivity contribution in [2.75, 3.05) is 6.61 Å². The molecule has 1 atom stereocenters. The van der Waals surface area contributed by atoms with Crippen molar-refractivity contribution in [3.05, 3.63) is 77.9 Å². The smallest absolute Gasteiger partial charge is 0.124 e. The molecule has 3 aromatic carbocycles. The topological polar surface area (TPSA) is 52.8 Å². The zero-order valence-electron chi connectivity index (χ0n) is 12.1. The van der Waals surface area contributed by atoms with E-state index in [0.29, 0.717) is 5.56 Å². The van der Waals surface area contributed by atoms with Crippen LogP contribution in [0.3, 0.4) is 0 Å². The molecule has 0 aliphatic rings. The molecule has 0 heterocycles. The zero-order chi connectivity index (χ0) is 15.4. The van der Waals surface area contributed by atoms with Gasteiger partial charge in [0.2, 0.25) is 0 Å². The van der Waals surface area contributed by atoms with Gasteiger partial charge in [-0.25, -0.2) is 0 Å². The first-order valence-electron chi connectivity index (χ1n) is 7.19. The van der Waals surface area contributed by atoms with Gasteiger partial charge in [0.05, 0.1) is 12.6 Å². The number of fused-ring (bicyclic) bond motifs is 1. The lowest BCUT2D eigenvalue weighted by atomic mass is 10.0. The summed E-state index contributed by atoms with van der Waals surface area (Å²) in [5, 5.41) is 21.7. The summed E-state index contributed by atoms with van der Waals surface area (Å²) in [5.74, 6) is 0.187. The number of hydrogen-bond acceptors (Lipinski definition) is 3. The minimum atomic E-state index is -0.334. The van der Waals surface area contributed by atoms with Crippen LogP contribution >= 0.6 is 0 Å². The van der Waals surface area contributed by atoms with Crippen LogP contribution in [-0.2, 0) is 0 Å². The molecule has 3 aromatic rings. The lowest BCUT2D eigenvalue weighted by Gasteiger charge is -2.10. The van der Waals surface area contributed by atoms with Crippen molar-refractivity contribution in [3.8, 4) is 5.75 Å². The maximum atomic E-state index is 10.1. The van der Waals surface area contributed by atoms with Gasteiger partial charge >= 0.3 is 0 Å². The summed E-state index contributed by atoms with van der Waals surface area (Å²) in [6.45, 7) is -0.0773. The van der Waals surface area contributed by atoms with E-state index >= 15 is 0 Å². The van der Waals surface area contributed by atoms with Crippen LogP contribution in [0.25, 0.3) is 10.8 Å². The molecule has 3 nitrogen and oxygen atoms in total. The highest BCUT2D eigenvalue weighted by molar-refractivity contribution is 6.02. The summed E-state index contributed by atoms with van der Waals surface area (Å²) in [7, 11) is 0. The van der Waals surface area contributed by atoms with Gasteiger partial charge < -0.3 is 10.2 Å². The van der Waals surface area contributed by atoms with Crippen LogP contribution in [-0.4, -0.2) is 23.0 Å². The van der Waals surface area contributed by atoms with Gasteiger partial charge in [-0.1, -0.05) is 60.7 Å². The van der Waals surface area contributed by atoms with E-state index in [2.05, 4.69) is 4.99 Å². The number of phenols is 1. The lowest BCUT2D eigenvalue weighted by Crippen LogP contribution is -2.01. The zero-order valence-corrected chi connectivity index (χ0v) is 12.1. The summed E-state index contributed by atoms with van der Waals surface area (Å²) >= 11 is 0. The van der Waals surface area contributed by atoms with Gasteiger partial charge in [-0.3, -0.25) is 4.99 Å². The van der Waals surface area contributed by atoms with Crippen molar-refractivity contribution in [2.24, 2.45) is 4.99 Å². The second kappa shape index (κ2) is 6.41. The van der Waals surface area contributed by atoms with E-state index in [1.165, 1.54) is 0 Å². The van der Waals surface area contributed by atoms with Crippen LogP contribution in [0.5, 0.6) is 5.75 Å². The number of aromatic hydroxyl groups is 1. The first-order valence-corrected chi connectivity index (χ1v) is 7.19. The van der Waals surface area contributed by atoms with Crippen LogP contribution in [0, 0.1) is 0 Å². The monoisotopic (exact) mass is 291 g/mol. The Hall–Kier alpha value is -2.65. The summed E-state index contributed by atoms with van der Waals surface area (Å²) in [5.41, 5.74) is 1.62. The summed E-state index contributed by atoms with van der Waals surface area (Å²) in [6.07, 6.45) is 1.64. The molecule has 0 spiro atoms. The molecule has 0 aromatic heterocycles. The second-order valence-electron chi connectivity index (χ2n) is 5.11. The molecule has 0 aliphatic carbocycles. The Kier molecular flexibility index (Phi) is 4.17. The molecular weight excluding hydrogens is 274 g/mol. The predicted octanol–water partition coefficient (Wildman–Crippen LogP) is 3.70. The molecule has 0 radical (unpaired) electrons. The maximum absolute atomic E-state index is 10.1. The van der Waals surface area contributed by atoms with Gasteiger partial charge in [0, 0.05) is 11.8 Å². The Morgan fingerprint density at radius 1 is 0.909 bits per heavy atom. The molecule has 3 heteroatoms. The second-order valence-corrected chi connectivity index (χ2v) is 5.11. The highest BCUT2D eigenvalue weighted by atomic mass is 16.3. The normalized spacial score (nSPS) is 12.8. The van der Waals surface area contributed by atoms with Gasteiger partial charge in [-0.2, -0.15) is 0 Å². The molecular formula is C19H17NO2. The summed E-state index contributed by atoms with van der Waals surface area (Å²) in [4.78, 5) is 4.46. The molecule has 22 heavy (non-hydrogen) atoms. The Labute approximate surface area is 129 Å². The van der Waals surface area contributed by atoms with E-state index in [1.54, 1.807) is 12.3 Å². The SMILES string of the molecule is OC[C@H](N=Cc1c(O)ccc2ccccc12)c1ccccc1. The molecule has 2 N–H and O–H groups in total. The van der Waals surface area contributed by atoms with E-state index in [1.807, 2.05) is 60.7 Å². The molecule has 3 rings (SSSR count). The summed E-state index contributed by atoms with van der Waals surface area (Å²) < 4.78 is 0. The first kappa shape index (κ1) is 14.3. The Morgan fingerprint density at radius 3 is 2.41 bits per heavy atom. The molecule has 0 saturated carbocycles. The minimum absolute atomic E-state index is 0.0773. The Balaban J connectivity index is 2.00. The van der Waals surface area contributed by atoms with E-state index in [-0.39, 0.29) is 18.4 Å².